The van der Waals surface area contributed by atoms with Gasteiger partial charge < -0.3 is 14.6 Å². The van der Waals surface area contributed by atoms with Crippen molar-refractivity contribution in [1.82, 2.24) is 0 Å². The number of hydrogen-bond acceptors (Lipinski definition) is 4. The number of ether oxygens (including phenoxy) is 2. The van der Waals surface area contributed by atoms with E-state index in [0.717, 1.165) is 0 Å². The summed E-state index contributed by atoms with van der Waals surface area (Å²) in [4.78, 5) is 22.2. The van der Waals surface area contributed by atoms with Gasteiger partial charge in [0.15, 0.2) is 0 Å². The molecule has 0 aliphatic rings. The normalized spacial score (nSPS) is 13.2. The van der Waals surface area contributed by atoms with Gasteiger partial charge in [-0.2, -0.15) is 0 Å². The zero-order chi connectivity index (χ0) is 12.8. The van der Waals surface area contributed by atoms with Crippen molar-refractivity contribution in [2.45, 2.75) is 39.7 Å². The Morgan fingerprint density at radius 3 is 2.25 bits per heavy atom. The fourth-order valence-corrected chi connectivity index (χ4v) is 1.06. The molecule has 0 saturated heterocycles. The summed E-state index contributed by atoms with van der Waals surface area (Å²) in [6.45, 7) is 7.45. The largest absolute Gasteiger partial charge is 0.481 e. The topological polar surface area (TPSA) is 72.8 Å². The number of hydrogen-bond donors (Lipinski definition) is 1. The number of carbonyl (C=O) groups excluding carboxylic acids is 1. The van der Waals surface area contributed by atoms with E-state index in [1.165, 1.54) is 0 Å². The van der Waals surface area contributed by atoms with Gasteiger partial charge in [0.25, 0.3) is 0 Å². The Balaban J connectivity index is 4.19. The molecule has 16 heavy (non-hydrogen) atoms. The second-order valence-electron chi connectivity index (χ2n) is 4.49. The van der Waals surface area contributed by atoms with E-state index in [4.69, 9.17) is 14.6 Å². The van der Waals surface area contributed by atoms with Gasteiger partial charge in [0, 0.05) is 6.61 Å². The average molecular weight is 232 g/mol. The van der Waals surface area contributed by atoms with Crippen LogP contribution >= 0.6 is 0 Å². The van der Waals surface area contributed by atoms with E-state index < -0.39 is 23.5 Å². The first-order valence-electron chi connectivity index (χ1n) is 5.28. The highest BCUT2D eigenvalue weighted by Crippen LogP contribution is 2.12. The summed E-state index contributed by atoms with van der Waals surface area (Å²) in [6.07, 6.45) is -0.160. The first kappa shape index (κ1) is 14.9. The molecule has 0 saturated carbocycles. The molecule has 1 N–H and O–H groups in total. The van der Waals surface area contributed by atoms with Gasteiger partial charge in [-0.15, -0.1) is 0 Å². The maximum absolute atomic E-state index is 11.4. The maximum Gasteiger partial charge on any atom is 0.309 e. The van der Waals surface area contributed by atoms with Crippen LogP contribution in [0.3, 0.4) is 0 Å². The van der Waals surface area contributed by atoms with Gasteiger partial charge in [0.05, 0.1) is 18.9 Å². The Morgan fingerprint density at radius 2 is 1.88 bits per heavy atom. The van der Waals surface area contributed by atoms with Crippen molar-refractivity contribution in [3.8, 4) is 0 Å². The summed E-state index contributed by atoms with van der Waals surface area (Å²) in [7, 11) is 0. The zero-order valence-electron chi connectivity index (χ0n) is 10.3. The smallest absolute Gasteiger partial charge is 0.309 e. The molecular weight excluding hydrogens is 212 g/mol. The van der Waals surface area contributed by atoms with Crippen molar-refractivity contribution in [2.24, 2.45) is 5.92 Å². The SMILES string of the molecule is CCOC[C@H](CC(=O)OC(C)(C)C)C(=O)O. The van der Waals surface area contributed by atoms with Gasteiger partial charge in [-0.3, -0.25) is 9.59 Å². The van der Waals surface area contributed by atoms with E-state index >= 15 is 0 Å². The van der Waals surface area contributed by atoms with Crippen LogP contribution in [0.1, 0.15) is 34.1 Å². The third-order valence-electron chi connectivity index (χ3n) is 1.71. The third-order valence-corrected chi connectivity index (χ3v) is 1.71. The second-order valence-corrected chi connectivity index (χ2v) is 4.49. The van der Waals surface area contributed by atoms with E-state index in [-0.39, 0.29) is 13.0 Å². The van der Waals surface area contributed by atoms with Crippen LogP contribution < -0.4 is 0 Å². The van der Waals surface area contributed by atoms with Gasteiger partial charge in [0.2, 0.25) is 0 Å². The quantitative estimate of drug-likeness (QED) is 0.702. The lowest BCUT2D eigenvalue weighted by atomic mass is 10.1. The molecule has 0 rings (SSSR count). The van der Waals surface area contributed by atoms with Crippen molar-refractivity contribution in [2.75, 3.05) is 13.2 Å². The van der Waals surface area contributed by atoms with Gasteiger partial charge in [-0.25, -0.2) is 0 Å². The number of carboxylic acids is 1. The van der Waals surface area contributed by atoms with Crippen molar-refractivity contribution >= 4 is 11.9 Å². The number of carboxylic acid groups (broad SMARTS) is 1. The Kier molecular flexibility index (Phi) is 6.03. The summed E-state index contributed by atoms with van der Waals surface area (Å²) in [5.74, 6) is -2.39. The molecule has 0 aliphatic carbocycles. The second kappa shape index (κ2) is 6.48. The lowest BCUT2D eigenvalue weighted by Crippen LogP contribution is -2.29. The van der Waals surface area contributed by atoms with E-state index in [9.17, 15) is 9.59 Å². The van der Waals surface area contributed by atoms with Crippen LogP contribution in [0.15, 0.2) is 0 Å². The van der Waals surface area contributed by atoms with Crippen LogP contribution in [0.25, 0.3) is 0 Å². The Bertz CT molecular complexity index is 241. The standard InChI is InChI=1S/C11H20O5/c1-5-15-7-8(10(13)14)6-9(12)16-11(2,3)4/h8H,5-7H2,1-4H3,(H,13,14)/t8-/m0/s1. The molecule has 0 aromatic carbocycles. The van der Waals surface area contributed by atoms with Crippen LogP contribution in [0.2, 0.25) is 0 Å². The number of carbonyl (C=O) groups is 2. The molecule has 94 valence electrons. The Hall–Kier alpha value is -1.10. The van der Waals surface area contributed by atoms with Gasteiger partial charge in [-0.05, 0) is 27.7 Å². The number of aliphatic carboxylic acids is 1. The summed E-state index contributed by atoms with van der Waals surface area (Å²) < 4.78 is 10.0. The average Bonchev–Trinajstić information content (AvgIpc) is 2.08. The van der Waals surface area contributed by atoms with E-state index in [0.29, 0.717) is 6.61 Å². The molecule has 0 bridgehead atoms. The molecule has 0 radical (unpaired) electrons. The molecule has 0 amide bonds. The number of rotatable bonds is 6. The fraction of sp³-hybridized carbons (Fsp3) is 0.818. The minimum Gasteiger partial charge on any atom is -0.481 e. The monoisotopic (exact) mass is 232 g/mol. The van der Waals surface area contributed by atoms with Crippen molar-refractivity contribution in [1.29, 1.82) is 0 Å². The van der Waals surface area contributed by atoms with E-state index in [1.807, 2.05) is 0 Å². The van der Waals surface area contributed by atoms with Gasteiger partial charge in [0.1, 0.15) is 5.60 Å². The van der Waals surface area contributed by atoms with Crippen molar-refractivity contribution in [3.63, 3.8) is 0 Å². The van der Waals surface area contributed by atoms with Gasteiger partial charge in [-0.1, -0.05) is 0 Å². The number of esters is 1. The van der Waals surface area contributed by atoms with Crippen molar-refractivity contribution < 1.29 is 24.2 Å². The molecule has 0 aromatic heterocycles. The predicted octanol–water partition coefficient (Wildman–Crippen LogP) is 1.46. The lowest BCUT2D eigenvalue weighted by molar-refractivity contribution is -0.161. The molecule has 5 heteroatoms. The van der Waals surface area contributed by atoms with Gasteiger partial charge >= 0.3 is 11.9 Å². The first-order valence-corrected chi connectivity index (χ1v) is 5.28. The minimum absolute atomic E-state index is 0.0328. The Morgan fingerprint density at radius 1 is 1.31 bits per heavy atom. The zero-order valence-corrected chi connectivity index (χ0v) is 10.3. The third kappa shape index (κ3) is 7.23. The highest BCUT2D eigenvalue weighted by atomic mass is 16.6. The molecular formula is C11H20O5. The molecule has 1 atom stereocenters. The van der Waals surface area contributed by atoms with Crippen molar-refractivity contribution in [3.05, 3.63) is 0 Å². The minimum atomic E-state index is -1.04. The summed E-state index contributed by atoms with van der Waals surface area (Å²) in [5, 5.41) is 8.86. The molecule has 0 aromatic rings. The lowest BCUT2D eigenvalue weighted by Gasteiger charge is -2.20. The Labute approximate surface area is 95.7 Å². The summed E-state index contributed by atoms with van der Waals surface area (Å²) in [6, 6.07) is 0. The predicted molar refractivity (Wildman–Crippen MR) is 58.1 cm³/mol. The molecule has 0 fully saturated rings. The van der Waals surface area contributed by atoms with Crippen LogP contribution in [-0.2, 0) is 19.1 Å². The molecule has 0 heterocycles. The molecule has 0 spiro atoms. The first-order chi connectivity index (χ1) is 7.26. The van der Waals surface area contributed by atoms with Crippen LogP contribution in [0.4, 0.5) is 0 Å². The summed E-state index contributed by atoms with van der Waals surface area (Å²) in [5.41, 5.74) is -0.592. The summed E-state index contributed by atoms with van der Waals surface area (Å²) >= 11 is 0. The highest BCUT2D eigenvalue weighted by Gasteiger charge is 2.25. The molecule has 5 nitrogen and oxygen atoms in total. The van der Waals surface area contributed by atoms with Crippen LogP contribution in [0.5, 0.6) is 0 Å². The maximum atomic E-state index is 11.4. The highest BCUT2D eigenvalue weighted by molar-refractivity contribution is 5.79. The van der Waals surface area contributed by atoms with Crippen LogP contribution in [0, 0.1) is 5.92 Å². The molecule has 0 aliphatic heterocycles. The fourth-order valence-electron chi connectivity index (χ4n) is 1.06. The van der Waals surface area contributed by atoms with E-state index in [1.54, 1.807) is 27.7 Å². The van der Waals surface area contributed by atoms with E-state index in [2.05, 4.69) is 0 Å². The van der Waals surface area contributed by atoms with Crippen LogP contribution in [-0.4, -0.2) is 35.9 Å². The molecule has 0 unspecified atom stereocenters.